The molecule has 5 rings (SSSR count). The molecule has 0 spiro atoms. The summed E-state index contributed by atoms with van der Waals surface area (Å²) >= 11 is 6.85. The van der Waals surface area contributed by atoms with Gasteiger partial charge in [-0.1, -0.05) is 40.0 Å². The summed E-state index contributed by atoms with van der Waals surface area (Å²) < 4.78 is 50.6. The molecule has 0 aliphatic carbocycles. The van der Waals surface area contributed by atoms with Gasteiger partial charge in [0.1, 0.15) is 39.5 Å². The van der Waals surface area contributed by atoms with Crippen molar-refractivity contribution in [2.24, 2.45) is 0 Å². The van der Waals surface area contributed by atoms with Crippen LogP contribution in [0.2, 0.25) is 5.02 Å². The van der Waals surface area contributed by atoms with E-state index in [0.29, 0.717) is 41.6 Å². The molecule has 0 aliphatic rings. The molecule has 2 heterocycles. The van der Waals surface area contributed by atoms with Gasteiger partial charge in [0.05, 0.1) is 34.7 Å². The Bertz CT molecular complexity index is 1900. The summed E-state index contributed by atoms with van der Waals surface area (Å²) in [6.07, 6.45) is 3.60. The number of ether oxygens (including phenoxy) is 1. The Morgan fingerprint density at radius 3 is 2.64 bits per heavy atom. The average molecular weight is 655 g/mol. The molecule has 5 aromatic rings. The van der Waals surface area contributed by atoms with Crippen LogP contribution >= 0.6 is 21.0 Å². The predicted molar refractivity (Wildman–Crippen MR) is 177 cm³/mol. The highest BCUT2D eigenvalue weighted by Crippen LogP contribution is 2.40. The van der Waals surface area contributed by atoms with E-state index in [9.17, 15) is 12.8 Å². The number of benzene rings is 3. The highest BCUT2D eigenvalue weighted by molar-refractivity contribution is 7.90. The van der Waals surface area contributed by atoms with Crippen molar-refractivity contribution >= 4 is 53.1 Å². The lowest BCUT2D eigenvalue weighted by molar-refractivity contribution is 0.305. The Balaban J connectivity index is 1.40. The van der Waals surface area contributed by atoms with Gasteiger partial charge in [0.2, 0.25) is 0 Å². The van der Waals surface area contributed by atoms with Gasteiger partial charge in [-0.15, -0.1) is 0 Å². The molecule has 0 saturated heterocycles. The topological polar surface area (TPSA) is 88.8 Å². The van der Waals surface area contributed by atoms with Crippen LogP contribution in [0.4, 0.5) is 15.8 Å². The zero-order valence-electron chi connectivity index (χ0n) is 24.6. The van der Waals surface area contributed by atoms with Gasteiger partial charge >= 0.3 is 0 Å². The first-order valence-electron chi connectivity index (χ1n) is 14.0. The minimum atomic E-state index is -3.05. The summed E-state index contributed by atoms with van der Waals surface area (Å²) in [7, 11) is 1.46. The number of halogens is 2. The van der Waals surface area contributed by atoms with Gasteiger partial charge in [-0.25, -0.2) is 12.8 Å². The summed E-state index contributed by atoms with van der Waals surface area (Å²) in [6.45, 7) is 3.06. The van der Waals surface area contributed by atoms with Crippen LogP contribution in [-0.2, 0) is 29.4 Å². The summed E-state index contributed by atoms with van der Waals surface area (Å²) in [5, 5.41) is 9.96. The van der Waals surface area contributed by atoms with E-state index in [-0.39, 0.29) is 18.2 Å². The molecular formula is C32H33ClFN4O4PS. The molecule has 2 aromatic heterocycles. The fourth-order valence-corrected chi connectivity index (χ4v) is 6.32. The number of rotatable bonds is 12. The van der Waals surface area contributed by atoms with Crippen LogP contribution in [0.3, 0.4) is 0 Å². The molecule has 1 unspecified atom stereocenters. The normalized spacial score (nSPS) is 11.8. The Kier molecular flexibility index (Phi) is 9.85. The lowest BCUT2D eigenvalue weighted by Crippen LogP contribution is -2.19. The highest BCUT2D eigenvalue weighted by atomic mass is 35.5. The Morgan fingerprint density at radius 1 is 1.07 bits per heavy atom. The van der Waals surface area contributed by atoms with Crippen LogP contribution in [0, 0.1) is 5.82 Å². The van der Waals surface area contributed by atoms with E-state index in [0.717, 1.165) is 39.2 Å². The fourth-order valence-electron chi connectivity index (χ4n) is 4.91. The number of hydrogen-bond donors (Lipinski definition) is 0. The number of sulfone groups is 1. The average Bonchev–Trinajstić information content (AvgIpc) is 3.46. The van der Waals surface area contributed by atoms with Crippen molar-refractivity contribution in [2.75, 3.05) is 30.5 Å². The molecule has 0 fully saturated rings. The number of aromatic nitrogens is 2. The van der Waals surface area contributed by atoms with Gasteiger partial charge in [0.15, 0.2) is 0 Å². The quantitative estimate of drug-likeness (QED) is 0.130. The van der Waals surface area contributed by atoms with Gasteiger partial charge in [0.25, 0.3) is 0 Å². The molecular weight excluding hydrogens is 622 g/mol. The molecule has 230 valence electrons. The van der Waals surface area contributed by atoms with Crippen LogP contribution in [0.25, 0.3) is 22.2 Å². The molecule has 1 atom stereocenters. The number of furan rings is 1. The predicted octanol–water partition coefficient (Wildman–Crippen LogP) is 7.23. The minimum Gasteiger partial charge on any atom is -0.487 e. The van der Waals surface area contributed by atoms with E-state index in [2.05, 4.69) is 19.6 Å². The largest absolute Gasteiger partial charge is 0.487 e. The van der Waals surface area contributed by atoms with Gasteiger partial charge < -0.3 is 14.1 Å². The van der Waals surface area contributed by atoms with Crippen molar-refractivity contribution in [3.05, 3.63) is 101 Å². The summed E-state index contributed by atoms with van der Waals surface area (Å²) in [6, 6.07) is 19.7. The first-order chi connectivity index (χ1) is 21.0. The maximum Gasteiger partial charge on any atom is 0.148 e. The third kappa shape index (κ3) is 7.56. The third-order valence-electron chi connectivity index (χ3n) is 7.22. The Morgan fingerprint density at radius 2 is 1.89 bits per heavy atom. The van der Waals surface area contributed by atoms with E-state index >= 15 is 0 Å². The van der Waals surface area contributed by atoms with Gasteiger partial charge in [-0.3, -0.25) is 4.67 Å². The first-order valence-corrected chi connectivity index (χ1v) is 16.9. The van der Waals surface area contributed by atoms with Crippen molar-refractivity contribution in [3.8, 4) is 17.1 Å². The van der Waals surface area contributed by atoms with Crippen LogP contribution in [-0.4, -0.2) is 48.9 Å². The number of nitrogens with zero attached hydrogens (tertiary/aromatic N) is 4. The van der Waals surface area contributed by atoms with Crippen LogP contribution in [0.1, 0.15) is 23.8 Å². The highest BCUT2D eigenvalue weighted by Gasteiger charge is 2.19. The molecule has 0 N–H and O–H groups in total. The van der Waals surface area contributed by atoms with Gasteiger partial charge in [-0.2, -0.15) is 10.2 Å². The lowest BCUT2D eigenvalue weighted by Gasteiger charge is -2.25. The molecule has 0 radical (unpaired) electrons. The molecule has 0 saturated carbocycles. The first kappa shape index (κ1) is 31.9. The van der Waals surface area contributed by atoms with Gasteiger partial charge in [0, 0.05) is 36.5 Å². The van der Waals surface area contributed by atoms with E-state index < -0.39 is 9.84 Å². The minimum absolute atomic E-state index is 0.0711. The van der Waals surface area contributed by atoms with Crippen molar-refractivity contribution < 1.29 is 22.0 Å². The monoisotopic (exact) mass is 654 g/mol. The van der Waals surface area contributed by atoms with Crippen molar-refractivity contribution in [1.29, 1.82) is 0 Å². The van der Waals surface area contributed by atoms with Crippen molar-refractivity contribution in [1.82, 2.24) is 14.9 Å². The van der Waals surface area contributed by atoms with Crippen LogP contribution in [0.5, 0.6) is 5.75 Å². The summed E-state index contributed by atoms with van der Waals surface area (Å²) in [4.78, 5) is 2.03. The lowest BCUT2D eigenvalue weighted by atomic mass is 10.1. The maximum atomic E-state index is 13.6. The van der Waals surface area contributed by atoms with E-state index in [1.54, 1.807) is 18.3 Å². The molecule has 0 amide bonds. The fraction of sp³-hybridized carbons (Fsp3) is 0.250. The molecule has 0 aliphatic heterocycles. The third-order valence-corrected chi connectivity index (χ3v) is 8.99. The smallest absolute Gasteiger partial charge is 0.148 e. The number of anilines is 2. The molecule has 3 aromatic carbocycles. The summed E-state index contributed by atoms with van der Waals surface area (Å²) in [5.74, 6) is 1.69. The standard InChI is InChI=1S/C32H33ClFN4O4PS/c1-4-25-28(11-13-31(32(25)33)41-20-21-6-5-7-23(34)16-21)37(2)29-18-35-36-27-10-8-22(17-26(27)29)30-12-9-24(42-30)19-38(43)14-15-44(3,39)40/h5-13,16-18H,4,14-15,19-20,43H2,1-3H3. The number of fused-ring (bicyclic) bond motifs is 1. The molecule has 0 bridgehead atoms. The molecule has 8 nitrogen and oxygen atoms in total. The summed E-state index contributed by atoms with van der Waals surface area (Å²) in [5.41, 5.74) is 4.94. The molecule has 12 heteroatoms. The second kappa shape index (κ2) is 13.6. The Hall–Kier alpha value is -3.56. The maximum absolute atomic E-state index is 13.6. The van der Waals surface area contributed by atoms with Crippen LogP contribution < -0.4 is 9.64 Å². The van der Waals surface area contributed by atoms with E-state index in [4.69, 9.17) is 20.8 Å². The SMILES string of the molecule is CCc1c(N(C)c2cnnc3ccc(-c4ccc(CN(P)CCS(C)(=O)=O)o4)cc23)ccc(OCc2cccc(F)c2)c1Cl. The zero-order chi connectivity index (χ0) is 31.4. The van der Waals surface area contributed by atoms with E-state index in [1.165, 1.54) is 18.4 Å². The number of hydrogen-bond acceptors (Lipinski definition) is 8. The van der Waals surface area contributed by atoms with Gasteiger partial charge in [-0.05, 0) is 72.1 Å². The second-order valence-corrected chi connectivity index (χ2v) is 13.9. The van der Waals surface area contributed by atoms with E-state index in [1.807, 2.05) is 66.0 Å². The second-order valence-electron chi connectivity index (χ2n) is 10.5. The Labute approximate surface area is 264 Å². The van der Waals surface area contributed by atoms with Crippen LogP contribution in [0.15, 0.2) is 77.3 Å². The van der Waals surface area contributed by atoms with Crippen molar-refractivity contribution in [3.63, 3.8) is 0 Å². The molecule has 44 heavy (non-hydrogen) atoms. The zero-order valence-corrected chi connectivity index (χ0v) is 27.4. The van der Waals surface area contributed by atoms with Crippen molar-refractivity contribution in [2.45, 2.75) is 26.5 Å².